The third-order valence-corrected chi connectivity index (χ3v) is 6.96. The highest BCUT2D eigenvalue weighted by atomic mass is 35.5. The van der Waals surface area contributed by atoms with Gasteiger partial charge in [0.1, 0.15) is 0 Å². The minimum absolute atomic E-state index is 0.0793. The molecule has 0 bridgehead atoms. The summed E-state index contributed by atoms with van der Waals surface area (Å²) in [6, 6.07) is 19.0. The van der Waals surface area contributed by atoms with Crippen molar-refractivity contribution in [2.75, 3.05) is 4.31 Å². The molecule has 0 unspecified atom stereocenters. The Balaban J connectivity index is 1.99. The van der Waals surface area contributed by atoms with Crippen LogP contribution in [0.1, 0.15) is 32.6 Å². The number of nitrogens with zero attached hydrogens (tertiary/aromatic N) is 1. The van der Waals surface area contributed by atoms with Crippen molar-refractivity contribution < 1.29 is 13.2 Å². The zero-order chi connectivity index (χ0) is 21.9. The summed E-state index contributed by atoms with van der Waals surface area (Å²) < 4.78 is 28.2. The van der Waals surface area contributed by atoms with E-state index < -0.39 is 15.9 Å². The Morgan fingerprint density at radius 2 is 1.57 bits per heavy atom. The number of amides is 1. The van der Waals surface area contributed by atoms with Crippen molar-refractivity contribution in [3.8, 4) is 0 Å². The molecule has 156 valence electrons. The lowest BCUT2D eigenvalue weighted by Gasteiger charge is -2.26. The van der Waals surface area contributed by atoms with Gasteiger partial charge in [0.15, 0.2) is 0 Å². The van der Waals surface area contributed by atoms with Gasteiger partial charge in [0, 0.05) is 5.56 Å². The average molecular weight is 443 g/mol. The molecule has 0 aliphatic carbocycles. The smallest absolute Gasteiger partial charge is 0.248 e. The molecular formula is C23H23ClN2O3S. The van der Waals surface area contributed by atoms with E-state index in [1.165, 1.54) is 4.31 Å². The van der Waals surface area contributed by atoms with E-state index in [9.17, 15) is 13.2 Å². The molecule has 30 heavy (non-hydrogen) atoms. The van der Waals surface area contributed by atoms with Crippen molar-refractivity contribution >= 4 is 33.2 Å². The Morgan fingerprint density at radius 3 is 2.17 bits per heavy atom. The fourth-order valence-electron chi connectivity index (χ4n) is 3.11. The maximum absolute atomic E-state index is 13.4. The highest BCUT2D eigenvalue weighted by Crippen LogP contribution is 2.30. The van der Waals surface area contributed by atoms with Crippen LogP contribution in [0.2, 0.25) is 5.02 Å². The molecule has 0 saturated carbocycles. The van der Waals surface area contributed by atoms with Crippen LogP contribution in [-0.2, 0) is 22.3 Å². The molecule has 5 nitrogen and oxygen atoms in total. The topological polar surface area (TPSA) is 80.5 Å². The number of rotatable bonds is 7. The normalized spacial score (nSPS) is 11.3. The molecule has 0 spiro atoms. The van der Waals surface area contributed by atoms with Crippen LogP contribution in [0.3, 0.4) is 0 Å². The minimum Gasteiger partial charge on any atom is -0.366 e. The zero-order valence-electron chi connectivity index (χ0n) is 16.8. The predicted molar refractivity (Wildman–Crippen MR) is 121 cm³/mol. The van der Waals surface area contributed by atoms with E-state index in [0.29, 0.717) is 27.4 Å². The molecule has 7 heteroatoms. The molecule has 0 aliphatic rings. The van der Waals surface area contributed by atoms with Crippen molar-refractivity contribution in [1.82, 2.24) is 0 Å². The van der Waals surface area contributed by atoms with Gasteiger partial charge in [-0.3, -0.25) is 9.10 Å². The van der Waals surface area contributed by atoms with Gasteiger partial charge < -0.3 is 5.73 Å². The molecule has 1 amide bonds. The third-order valence-electron chi connectivity index (χ3n) is 4.94. The quantitative estimate of drug-likeness (QED) is 0.581. The number of carbonyl (C=O) groups excluding carboxylic acids is 1. The first-order valence-electron chi connectivity index (χ1n) is 9.37. The number of para-hydroxylation sites is 1. The summed E-state index contributed by atoms with van der Waals surface area (Å²) in [4.78, 5) is 11.3. The maximum Gasteiger partial charge on any atom is 0.248 e. The summed E-state index contributed by atoms with van der Waals surface area (Å²) in [7, 11) is -3.75. The first-order chi connectivity index (χ1) is 14.2. The lowest BCUT2D eigenvalue weighted by atomic mass is 10.1. The van der Waals surface area contributed by atoms with Crippen LogP contribution < -0.4 is 10.0 Å². The summed E-state index contributed by atoms with van der Waals surface area (Å²) in [6.45, 7) is 4.02. The highest BCUT2D eigenvalue weighted by molar-refractivity contribution is 7.92. The number of hydrogen-bond acceptors (Lipinski definition) is 3. The van der Waals surface area contributed by atoms with E-state index in [4.69, 9.17) is 17.3 Å². The largest absolute Gasteiger partial charge is 0.366 e. The van der Waals surface area contributed by atoms with Gasteiger partial charge in [0.2, 0.25) is 15.9 Å². The standard InChI is InChI=1S/C23H23ClN2O3S/c1-16-7-8-19(13-17(16)2)15-30(28,29)26(22-6-4-3-5-21(22)24)14-18-9-11-20(12-10-18)23(25)27/h3-13H,14-15H2,1-2H3,(H2,25,27). The van der Waals surface area contributed by atoms with Crippen molar-refractivity contribution in [1.29, 1.82) is 0 Å². The van der Waals surface area contributed by atoms with Crippen LogP contribution in [0.5, 0.6) is 0 Å². The fourth-order valence-corrected chi connectivity index (χ4v) is 4.96. The van der Waals surface area contributed by atoms with E-state index in [0.717, 1.165) is 11.1 Å². The van der Waals surface area contributed by atoms with Gasteiger partial charge in [-0.25, -0.2) is 8.42 Å². The minimum atomic E-state index is -3.75. The van der Waals surface area contributed by atoms with Crippen LogP contribution in [0.15, 0.2) is 66.7 Å². The number of primary amides is 1. The Morgan fingerprint density at radius 1 is 0.933 bits per heavy atom. The second kappa shape index (κ2) is 8.90. The summed E-state index contributed by atoms with van der Waals surface area (Å²) >= 11 is 6.34. The Kier molecular flexibility index (Phi) is 6.48. The summed E-state index contributed by atoms with van der Waals surface area (Å²) in [5.74, 6) is -0.689. The molecule has 0 radical (unpaired) electrons. The van der Waals surface area contributed by atoms with Crippen LogP contribution in [0.4, 0.5) is 5.69 Å². The van der Waals surface area contributed by atoms with E-state index in [1.807, 2.05) is 32.0 Å². The Labute approximate surface area is 182 Å². The zero-order valence-corrected chi connectivity index (χ0v) is 18.4. The number of anilines is 1. The second-order valence-electron chi connectivity index (χ2n) is 7.19. The van der Waals surface area contributed by atoms with Gasteiger partial charge in [-0.05, 0) is 60.4 Å². The van der Waals surface area contributed by atoms with Gasteiger partial charge in [-0.2, -0.15) is 0 Å². The molecule has 0 atom stereocenters. The van der Waals surface area contributed by atoms with Crippen LogP contribution >= 0.6 is 11.6 Å². The molecule has 0 aliphatic heterocycles. The van der Waals surface area contributed by atoms with Crippen molar-refractivity contribution in [2.45, 2.75) is 26.1 Å². The van der Waals surface area contributed by atoms with Crippen LogP contribution in [0.25, 0.3) is 0 Å². The van der Waals surface area contributed by atoms with Gasteiger partial charge in [-0.1, -0.05) is 54.1 Å². The fraction of sp³-hybridized carbons (Fsp3) is 0.174. The Hall–Kier alpha value is -2.83. The first kappa shape index (κ1) is 21.9. The van der Waals surface area contributed by atoms with Crippen LogP contribution in [-0.4, -0.2) is 14.3 Å². The molecule has 3 rings (SSSR count). The average Bonchev–Trinajstić information content (AvgIpc) is 2.69. The number of sulfonamides is 1. The number of hydrogen-bond donors (Lipinski definition) is 1. The number of benzene rings is 3. The Bertz CT molecular complexity index is 1180. The summed E-state index contributed by atoms with van der Waals surface area (Å²) in [6.07, 6.45) is 0. The number of halogens is 1. The first-order valence-corrected chi connectivity index (χ1v) is 11.4. The van der Waals surface area contributed by atoms with Gasteiger partial charge in [0.05, 0.1) is 23.0 Å². The molecule has 0 heterocycles. The van der Waals surface area contributed by atoms with Crippen molar-refractivity contribution in [2.24, 2.45) is 5.73 Å². The van der Waals surface area contributed by atoms with Gasteiger partial charge in [0.25, 0.3) is 0 Å². The molecule has 3 aromatic carbocycles. The molecule has 0 fully saturated rings. The van der Waals surface area contributed by atoms with E-state index in [2.05, 4.69) is 0 Å². The van der Waals surface area contributed by atoms with Crippen molar-refractivity contribution in [3.05, 3.63) is 99.6 Å². The van der Waals surface area contributed by atoms with Crippen LogP contribution in [0, 0.1) is 13.8 Å². The molecular weight excluding hydrogens is 420 g/mol. The summed E-state index contributed by atoms with van der Waals surface area (Å²) in [5, 5.41) is 0.343. The van der Waals surface area contributed by atoms with Crippen molar-refractivity contribution in [3.63, 3.8) is 0 Å². The van der Waals surface area contributed by atoms with Gasteiger partial charge >= 0.3 is 0 Å². The van der Waals surface area contributed by atoms with E-state index in [1.54, 1.807) is 48.5 Å². The lowest BCUT2D eigenvalue weighted by molar-refractivity contribution is 0.100. The molecule has 0 aromatic heterocycles. The number of aryl methyl sites for hydroxylation is 2. The highest BCUT2D eigenvalue weighted by Gasteiger charge is 2.25. The second-order valence-corrected chi connectivity index (χ2v) is 9.49. The lowest BCUT2D eigenvalue weighted by Crippen LogP contribution is -2.32. The third kappa shape index (κ3) is 5.01. The maximum atomic E-state index is 13.4. The number of nitrogens with two attached hydrogens (primary N) is 1. The van der Waals surface area contributed by atoms with E-state index >= 15 is 0 Å². The van der Waals surface area contributed by atoms with Gasteiger partial charge in [-0.15, -0.1) is 0 Å². The molecule has 0 saturated heterocycles. The monoisotopic (exact) mass is 442 g/mol. The SMILES string of the molecule is Cc1ccc(CS(=O)(=O)N(Cc2ccc(C(N)=O)cc2)c2ccccc2Cl)cc1C. The molecule has 2 N–H and O–H groups in total. The molecule has 3 aromatic rings. The predicted octanol–water partition coefficient (Wildman–Crippen LogP) is 4.59. The summed E-state index contributed by atoms with van der Waals surface area (Å²) in [5.41, 5.74) is 9.62. The number of carbonyl (C=O) groups is 1. The van der Waals surface area contributed by atoms with E-state index in [-0.39, 0.29) is 12.3 Å².